The Bertz CT molecular complexity index is 481. The van der Waals surface area contributed by atoms with E-state index in [0.717, 1.165) is 36.5 Å². The largest absolute Gasteiger partial charge is 0.489 e. The highest BCUT2D eigenvalue weighted by Gasteiger charge is 2.23. The molecular formula is C15H20N2O2. The molecule has 1 aliphatic heterocycles. The molecule has 3 rings (SSSR count). The highest BCUT2D eigenvalue weighted by atomic mass is 16.5. The zero-order valence-corrected chi connectivity index (χ0v) is 11.3. The van der Waals surface area contributed by atoms with Gasteiger partial charge in [0.25, 0.3) is 0 Å². The van der Waals surface area contributed by atoms with Crippen LogP contribution in [0.25, 0.3) is 0 Å². The second-order valence-electron chi connectivity index (χ2n) is 5.42. The van der Waals surface area contributed by atoms with Gasteiger partial charge < -0.3 is 15.0 Å². The molecule has 1 aromatic carbocycles. The summed E-state index contributed by atoms with van der Waals surface area (Å²) >= 11 is 0. The molecular weight excluding hydrogens is 240 g/mol. The summed E-state index contributed by atoms with van der Waals surface area (Å²) in [4.78, 5) is 14.3. The number of amides is 1. The van der Waals surface area contributed by atoms with Crippen molar-refractivity contribution >= 4 is 17.3 Å². The molecule has 1 aliphatic carbocycles. The number of anilines is 2. The van der Waals surface area contributed by atoms with Gasteiger partial charge in [-0.1, -0.05) is 12.8 Å². The van der Waals surface area contributed by atoms with E-state index in [1.165, 1.54) is 12.8 Å². The highest BCUT2D eigenvalue weighted by molar-refractivity contribution is 5.93. The number of nitrogens with zero attached hydrogens (tertiary/aromatic N) is 1. The Balaban J connectivity index is 1.73. The maximum Gasteiger partial charge on any atom is 0.227 e. The van der Waals surface area contributed by atoms with Gasteiger partial charge in [0.2, 0.25) is 5.91 Å². The Kier molecular flexibility index (Phi) is 3.32. The standard InChI is InChI=1S/C15H20N2O2/c1-17-8-9-19-14-10-12(6-7-13(14)17)16-15(18)11-4-2-3-5-11/h6-7,10-11H,2-5,8-9H2,1H3,(H,16,18). The lowest BCUT2D eigenvalue weighted by atomic mass is 10.1. The van der Waals surface area contributed by atoms with Gasteiger partial charge in [-0.2, -0.15) is 0 Å². The minimum absolute atomic E-state index is 0.154. The van der Waals surface area contributed by atoms with E-state index in [9.17, 15) is 4.79 Å². The fourth-order valence-electron chi connectivity index (χ4n) is 2.87. The summed E-state index contributed by atoms with van der Waals surface area (Å²) < 4.78 is 5.65. The van der Waals surface area contributed by atoms with Crippen LogP contribution in [0.3, 0.4) is 0 Å². The SMILES string of the molecule is CN1CCOc2cc(NC(=O)C3CCCC3)ccc21. The summed E-state index contributed by atoms with van der Waals surface area (Å²) in [5.74, 6) is 1.21. The summed E-state index contributed by atoms with van der Waals surface area (Å²) in [5.41, 5.74) is 1.93. The van der Waals surface area contributed by atoms with E-state index in [1.54, 1.807) is 0 Å². The van der Waals surface area contributed by atoms with Crippen molar-refractivity contribution in [1.29, 1.82) is 0 Å². The third-order valence-corrected chi connectivity index (χ3v) is 4.05. The van der Waals surface area contributed by atoms with Crippen LogP contribution >= 0.6 is 0 Å². The Morgan fingerprint density at radius 2 is 2.16 bits per heavy atom. The molecule has 0 aromatic heterocycles. The van der Waals surface area contributed by atoms with Gasteiger partial charge in [0.1, 0.15) is 12.4 Å². The lowest BCUT2D eigenvalue weighted by Gasteiger charge is -2.28. The maximum atomic E-state index is 12.1. The van der Waals surface area contributed by atoms with Crippen LogP contribution in [0, 0.1) is 5.92 Å². The maximum absolute atomic E-state index is 12.1. The molecule has 0 bridgehead atoms. The fourth-order valence-corrected chi connectivity index (χ4v) is 2.87. The zero-order valence-electron chi connectivity index (χ0n) is 11.3. The smallest absolute Gasteiger partial charge is 0.227 e. The number of rotatable bonds is 2. The Morgan fingerprint density at radius 1 is 1.37 bits per heavy atom. The molecule has 0 spiro atoms. The van der Waals surface area contributed by atoms with Gasteiger partial charge in [-0.3, -0.25) is 4.79 Å². The molecule has 0 unspecified atom stereocenters. The van der Waals surface area contributed by atoms with Gasteiger partial charge in [0.15, 0.2) is 0 Å². The number of benzene rings is 1. The van der Waals surface area contributed by atoms with E-state index >= 15 is 0 Å². The van der Waals surface area contributed by atoms with Crippen LogP contribution in [0.15, 0.2) is 18.2 Å². The van der Waals surface area contributed by atoms with Crippen LogP contribution in [-0.2, 0) is 4.79 Å². The number of likely N-dealkylation sites (N-methyl/N-ethyl adjacent to an activating group) is 1. The number of hydrogen-bond donors (Lipinski definition) is 1. The monoisotopic (exact) mass is 260 g/mol. The molecule has 19 heavy (non-hydrogen) atoms. The summed E-state index contributed by atoms with van der Waals surface area (Å²) in [6.07, 6.45) is 4.40. The van der Waals surface area contributed by atoms with E-state index in [-0.39, 0.29) is 11.8 Å². The number of carbonyl (C=O) groups excluding carboxylic acids is 1. The first-order valence-corrected chi connectivity index (χ1v) is 7.03. The molecule has 2 aliphatic rings. The fraction of sp³-hybridized carbons (Fsp3) is 0.533. The van der Waals surface area contributed by atoms with Crippen LogP contribution in [0.4, 0.5) is 11.4 Å². The quantitative estimate of drug-likeness (QED) is 0.888. The van der Waals surface area contributed by atoms with Gasteiger partial charge in [0, 0.05) is 24.7 Å². The van der Waals surface area contributed by atoms with Crippen molar-refractivity contribution in [2.45, 2.75) is 25.7 Å². The second-order valence-corrected chi connectivity index (χ2v) is 5.42. The first kappa shape index (κ1) is 12.3. The average Bonchev–Trinajstić information content (AvgIpc) is 2.93. The normalized spacial score (nSPS) is 18.9. The van der Waals surface area contributed by atoms with Crippen molar-refractivity contribution in [3.05, 3.63) is 18.2 Å². The Morgan fingerprint density at radius 3 is 2.95 bits per heavy atom. The molecule has 4 heteroatoms. The minimum Gasteiger partial charge on any atom is -0.489 e. The molecule has 1 saturated carbocycles. The first-order chi connectivity index (χ1) is 9.24. The topological polar surface area (TPSA) is 41.6 Å². The molecule has 0 atom stereocenters. The third kappa shape index (κ3) is 2.53. The lowest BCUT2D eigenvalue weighted by molar-refractivity contribution is -0.119. The Hall–Kier alpha value is -1.71. The second kappa shape index (κ2) is 5.11. The number of fused-ring (bicyclic) bond motifs is 1. The molecule has 0 radical (unpaired) electrons. The summed E-state index contributed by atoms with van der Waals surface area (Å²) in [7, 11) is 2.05. The van der Waals surface area contributed by atoms with Gasteiger partial charge in [-0.25, -0.2) is 0 Å². The van der Waals surface area contributed by atoms with Crippen molar-refractivity contribution in [2.24, 2.45) is 5.92 Å². The first-order valence-electron chi connectivity index (χ1n) is 7.03. The molecule has 1 fully saturated rings. The van der Waals surface area contributed by atoms with E-state index in [0.29, 0.717) is 6.61 Å². The van der Waals surface area contributed by atoms with E-state index in [4.69, 9.17) is 4.74 Å². The van der Waals surface area contributed by atoms with Crippen molar-refractivity contribution in [3.63, 3.8) is 0 Å². The van der Waals surface area contributed by atoms with Crippen LogP contribution in [-0.4, -0.2) is 26.1 Å². The molecule has 1 N–H and O–H groups in total. The predicted molar refractivity (Wildman–Crippen MR) is 75.8 cm³/mol. The number of carbonyl (C=O) groups is 1. The van der Waals surface area contributed by atoms with Crippen LogP contribution in [0.5, 0.6) is 5.75 Å². The number of hydrogen-bond acceptors (Lipinski definition) is 3. The molecule has 1 heterocycles. The van der Waals surface area contributed by atoms with Gasteiger partial charge in [-0.15, -0.1) is 0 Å². The van der Waals surface area contributed by atoms with Gasteiger partial charge >= 0.3 is 0 Å². The molecule has 102 valence electrons. The number of ether oxygens (including phenoxy) is 1. The third-order valence-electron chi connectivity index (χ3n) is 4.05. The number of nitrogens with one attached hydrogen (secondary N) is 1. The van der Waals surface area contributed by atoms with Gasteiger partial charge in [-0.05, 0) is 25.0 Å². The predicted octanol–water partition coefficient (Wildman–Crippen LogP) is 2.64. The van der Waals surface area contributed by atoms with E-state index in [1.807, 2.05) is 18.2 Å². The molecule has 1 amide bonds. The van der Waals surface area contributed by atoms with Crippen molar-refractivity contribution in [3.8, 4) is 5.75 Å². The van der Waals surface area contributed by atoms with Crippen LogP contribution in [0.1, 0.15) is 25.7 Å². The molecule has 1 aromatic rings. The van der Waals surface area contributed by atoms with Crippen molar-refractivity contribution < 1.29 is 9.53 Å². The summed E-state index contributed by atoms with van der Waals surface area (Å²) in [6.45, 7) is 1.60. The summed E-state index contributed by atoms with van der Waals surface area (Å²) in [5, 5.41) is 3.01. The summed E-state index contributed by atoms with van der Waals surface area (Å²) in [6, 6.07) is 5.90. The van der Waals surface area contributed by atoms with Crippen LogP contribution < -0.4 is 15.0 Å². The Labute approximate surface area is 113 Å². The average molecular weight is 260 g/mol. The van der Waals surface area contributed by atoms with Gasteiger partial charge in [0.05, 0.1) is 12.2 Å². The van der Waals surface area contributed by atoms with Crippen molar-refractivity contribution in [1.82, 2.24) is 0 Å². The minimum atomic E-state index is 0.154. The van der Waals surface area contributed by atoms with Crippen molar-refractivity contribution in [2.75, 3.05) is 30.4 Å². The highest BCUT2D eigenvalue weighted by Crippen LogP contribution is 2.34. The van der Waals surface area contributed by atoms with Crippen LogP contribution in [0.2, 0.25) is 0 Å². The molecule has 0 saturated heterocycles. The van der Waals surface area contributed by atoms with E-state index in [2.05, 4.69) is 17.3 Å². The van der Waals surface area contributed by atoms with E-state index < -0.39 is 0 Å². The molecule has 4 nitrogen and oxygen atoms in total. The lowest BCUT2D eigenvalue weighted by Crippen LogP contribution is -2.29. The zero-order chi connectivity index (χ0) is 13.2.